The van der Waals surface area contributed by atoms with E-state index in [1.54, 1.807) is 0 Å². The zero-order valence-electron chi connectivity index (χ0n) is 37.3. The number of furan rings is 1. The molecule has 1 spiro atoms. The quantitative estimate of drug-likeness (QED) is 0.167. The average Bonchev–Trinajstić information content (AvgIpc) is 3.95. The average molecular weight is 881 g/mol. The van der Waals surface area contributed by atoms with E-state index in [-0.39, 0.29) is 0 Å². The third-order valence-corrected chi connectivity index (χ3v) is 14.1. The van der Waals surface area contributed by atoms with Crippen LogP contribution in [0.2, 0.25) is 0 Å². The third-order valence-electron chi connectivity index (χ3n) is 14.1. The largest absolute Gasteiger partial charge is 0.455 e. The molecule has 5 heteroatoms. The Morgan fingerprint density at radius 3 is 1.57 bits per heavy atom. The van der Waals surface area contributed by atoms with Crippen molar-refractivity contribution in [2.75, 3.05) is 4.90 Å². The van der Waals surface area contributed by atoms with Crippen molar-refractivity contribution in [2.45, 2.75) is 5.41 Å². The number of hydrogen-bond donors (Lipinski definition) is 0. The summed E-state index contributed by atoms with van der Waals surface area (Å²) < 4.78 is 6.40. The Balaban J connectivity index is 0.893. The third kappa shape index (κ3) is 6.00. The number of hydrogen-bond acceptors (Lipinski definition) is 5. The van der Waals surface area contributed by atoms with Crippen LogP contribution in [0.3, 0.4) is 0 Å². The fraction of sp³-hybridized carbons (Fsp3) is 0.0156. The molecule has 2 aromatic heterocycles. The summed E-state index contributed by atoms with van der Waals surface area (Å²) in [6.07, 6.45) is 0. The zero-order valence-corrected chi connectivity index (χ0v) is 37.3. The van der Waals surface area contributed by atoms with Gasteiger partial charge in [0.2, 0.25) is 0 Å². The van der Waals surface area contributed by atoms with Gasteiger partial charge in [0.1, 0.15) is 11.2 Å². The number of nitrogens with zero attached hydrogens (tertiary/aromatic N) is 4. The molecule has 3 heterocycles. The Bertz CT molecular complexity index is 3920. The minimum absolute atomic E-state index is 0.556. The van der Waals surface area contributed by atoms with Gasteiger partial charge in [-0.3, -0.25) is 0 Å². The minimum atomic E-state index is -0.556. The Hall–Kier alpha value is -9.19. The van der Waals surface area contributed by atoms with Crippen LogP contribution in [0.25, 0.3) is 89.5 Å². The van der Waals surface area contributed by atoms with Gasteiger partial charge in [-0.15, -0.1) is 0 Å². The Morgan fingerprint density at radius 2 is 0.812 bits per heavy atom. The molecule has 0 amide bonds. The van der Waals surface area contributed by atoms with Gasteiger partial charge in [0, 0.05) is 38.7 Å². The lowest BCUT2D eigenvalue weighted by atomic mass is 9.64. The standard InChI is InChI=1S/C64H40N4O/c1-3-17-42(18-4-1)61-65-62(43-35-33-41(34-36-43)48-25-16-26-52-51-24-8-14-32-59(51)69-60(48)52)67-63(66-61)46-20-15-19-44(39-46)45-37-38-50-49-23-7-9-27-53(49)64(56(50)40-45)54-28-10-12-30-57(54)68(47-21-5-2-6-22-47)58-31-13-11-29-55(58)64/h1-40H. The van der Waals surface area contributed by atoms with Gasteiger partial charge in [0.15, 0.2) is 17.5 Å². The van der Waals surface area contributed by atoms with Crippen LogP contribution in [-0.2, 0) is 5.41 Å². The van der Waals surface area contributed by atoms with Gasteiger partial charge in [0.25, 0.3) is 0 Å². The van der Waals surface area contributed by atoms with Crippen molar-refractivity contribution in [1.29, 1.82) is 0 Å². The molecule has 0 radical (unpaired) electrons. The van der Waals surface area contributed by atoms with Gasteiger partial charge < -0.3 is 9.32 Å². The van der Waals surface area contributed by atoms with E-state index >= 15 is 0 Å². The lowest BCUT2D eigenvalue weighted by molar-refractivity contribution is 0.670. The summed E-state index contributed by atoms with van der Waals surface area (Å²) in [6, 6.07) is 86.4. The highest BCUT2D eigenvalue weighted by atomic mass is 16.3. The van der Waals surface area contributed by atoms with Crippen molar-refractivity contribution in [3.8, 4) is 67.5 Å². The zero-order chi connectivity index (χ0) is 45.5. The number of benzene rings is 10. The van der Waals surface area contributed by atoms with Gasteiger partial charge in [0.05, 0.1) is 16.8 Å². The monoisotopic (exact) mass is 880 g/mol. The fourth-order valence-corrected chi connectivity index (χ4v) is 11.1. The Kier molecular flexibility index (Phi) is 8.73. The van der Waals surface area contributed by atoms with Gasteiger partial charge in [-0.25, -0.2) is 15.0 Å². The number of rotatable bonds is 6. The molecule has 0 N–H and O–H groups in total. The number of para-hydroxylation sites is 5. The van der Waals surface area contributed by atoms with Crippen molar-refractivity contribution in [2.24, 2.45) is 0 Å². The van der Waals surface area contributed by atoms with Crippen LogP contribution in [0.5, 0.6) is 0 Å². The molecule has 5 nitrogen and oxygen atoms in total. The topological polar surface area (TPSA) is 55.1 Å². The summed E-state index contributed by atoms with van der Waals surface area (Å²) in [5.41, 5.74) is 19.3. The Morgan fingerprint density at radius 1 is 0.319 bits per heavy atom. The first kappa shape index (κ1) is 39.0. The fourth-order valence-electron chi connectivity index (χ4n) is 11.1. The predicted molar refractivity (Wildman–Crippen MR) is 280 cm³/mol. The molecule has 2 aliphatic rings. The van der Waals surface area contributed by atoms with E-state index in [1.807, 2.05) is 30.3 Å². The van der Waals surface area contributed by atoms with Gasteiger partial charge >= 0.3 is 0 Å². The van der Waals surface area contributed by atoms with E-state index in [2.05, 4.69) is 217 Å². The molecule has 0 saturated carbocycles. The molecular formula is C64H40N4O. The van der Waals surface area contributed by atoms with E-state index in [0.29, 0.717) is 17.5 Å². The second-order valence-corrected chi connectivity index (χ2v) is 17.9. The number of aromatic nitrogens is 3. The number of fused-ring (bicyclic) bond motifs is 12. The second-order valence-electron chi connectivity index (χ2n) is 17.9. The normalized spacial score (nSPS) is 13.0. The second kappa shape index (κ2) is 15.4. The van der Waals surface area contributed by atoms with Crippen LogP contribution in [0.1, 0.15) is 22.3 Å². The first-order chi connectivity index (χ1) is 34.2. The molecule has 69 heavy (non-hydrogen) atoms. The van der Waals surface area contributed by atoms with Crippen molar-refractivity contribution in [1.82, 2.24) is 15.0 Å². The van der Waals surface area contributed by atoms with Crippen LogP contribution in [0, 0.1) is 0 Å². The van der Waals surface area contributed by atoms with Crippen LogP contribution in [0.4, 0.5) is 17.1 Å². The van der Waals surface area contributed by atoms with Crippen molar-refractivity contribution >= 4 is 39.0 Å². The molecule has 0 bridgehead atoms. The summed E-state index contributed by atoms with van der Waals surface area (Å²) in [6.45, 7) is 0. The summed E-state index contributed by atoms with van der Waals surface area (Å²) >= 11 is 0. The molecule has 1 aliphatic heterocycles. The molecule has 0 atom stereocenters. The van der Waals surface area contributed by atoms with E-state index in [1.165, 1.54) is 44.8 Å². The molecule has 322 valence electrons. The molecule has 0 saturated heterocycles. The summed E-state index contributed by atoms with van der Waals surface area (Å²) in [4.78, 5) is 17.9. The van der Waals surface area contributed by atoms with Crippen molar-refractivity contribution in [3.63, 3.8) is 0 Å². The number of anilines is 3. The highest BCUT2D eigenvalue weighted by Gasteiger charge is 2.51. The minimum Gasteiger partial charge on any atom is -0.455 e. The maximum absolute atomic E-state index is 6.40. The van der Waals surface area contributed by atoms with Crippen molar-refractivity contribution < 1.29 is 4.42 Å². The van der Waals surface area contributed by atoms with E-state index < -0.39 is 5.41 Å². The van der Waals surface area contributed by atoms with Crippen LogP contribution < -0.4 is 4.90 Å². The Labute approximate surface area is 399 Å². The molecule has 1 aliphatic carbocycles. The van der Waals surface area contributed by atoms with Gasteiger partial charge in [-0.05, 0) is 92.5 Å². The van der Waals surface area contributed by atoms with Crippen LogP contribution in [0.15, 0.2) is 247 Å². The lowest BCUT2D eigenvalue weighted by Crippen LogP contribution is -2.36. The van der Waals surface area contributed by atoms with E-state index in [0.717, 1.165) is 66.6 Å². The van der Waals surface area contributed by atoms with Gasteiger partial charge in [-0.1, -0.05) is 200 Å². The molecule has 14 rings (SSSR count). The smallest absolute Gasteiger partial charge is 0.164 e. The molecule has 0 unspecified atom stereocenters. The van der Waals surface area contributed by atoms with E-state index in [4.69, 9.17) is 19.4 Å². The predicted octanol–water partition coefficient (Wildman–Crippen LogP) is 16.3. The highest BCUT2D eigenvalue weighted by molar-refractivity contribution is 6.09. The first-order valence-corrected chi connectivity index (χ1v) is 23.4. The van der Waals surface area contributed by atoms with Crippen LogP contribution >= 0.6 is 0 Å². The molecule has 10 aromatic carbocycles. The lowest BCUT2D eigenvalue weighted by Gasteiger charge is -2.45. The summed E-state index contributed by atoms with van der Waals surface area (Å²) in [5.74, 6) is 1.83. The van der Waals surface area contributed by atoms with Crippen molar-refractivity contribution in [3.05, 3.63) is 265 Å². The van der Waals surface area contributed by atoms with Gasteiger partial charge in [-0.2, -0.15) is 0 Å². The maximum Gasteiger partial charge on any atom is 0.164 e. The summed E-state index contributed by atoms with van der Waals surface area (Å²) in [7, 11) is 0. The van der Waals surface area contributed by atoms with E-state index in [9.17, 15) is 0 Å². The SMILES string of the molecule is c1ccc(-c2nc(-c3ccc(-c4cccc5c4oc4ccccc45)cc3)nc(-c3cccc(-c4ccc5c(c4)C4(c6ccccc6-5)c5ccccc5N(c5ccccc5)c5ccccc54)c3)n2)cc1. The molecule has 12 aromatic rings. The molecule has 0 fully saturated rings. The maximum atomic E-state index is 6.40. The summed E-state index contributed by atoms with van der Waals surface area (Å²) in [5, 5.41) is 2.22. The van der Waals surface area contributed by atoms with Crippen LogP contribution in [-0.4, -0.2) is 15.0 Å². The highest BCUT2D eigenvalue weighted by Crippen LogP contribution is 2.63. The molecular weight excluding hydrogens is 841 g/mol. The first-order valence-electron chi connectivity index (χ1n) is 23.4.